The molecular formula is C17H18N2S2. The van der Waals surface area contributed by atoms with Crippen molar-refractivity contribution in [1.29, 1.82) is 0 Å². The van der Waals surface area contributed by atoms with Gasteiger partial charge in [-0.25, -0.2) is 4.98 Å². The maximum absolute atomic E-state index is 4.43. The number of thiazole rings is 1. The van der Waals surface area contributed by atoms with Crippen molar-refractivity contribution in [2.45, 2.75) is 26.4 Å². The molecule has 21 heavy (non-hydrogen) atoms. The molecule has 1 aromatic carbocycles. The van der Waals surface area contributed by atoms with Crippen molar-refractivity contribution in [3.63, 3.8) is 0 Å². The number of rotatable bonds is 6. The molecule has 4 heteroatoms. The average Bonchev–Trinajstić information content (AvgIpc) is 3.17. The molecular weight excluding hydrogens is 296 g/mol. The van der Waals surface area contributed by atoms with Gasteiger partial charge < -0.3 is 5.32 Å². The lowest BCUT2D eigenvalue weighted by atomic mass is 10.1. The van der Waals surface area contributed by atoms with Gasteiger partial charge in [0.1, 0.15) is 5.01 Å². The Hall–Kier alpha value is -1.49. The summed E-state index contributed by atoms with van der Waals surface area (Å²) < 4.78 is 0. The summed E-state index contributed by atoms with van der Waals surface area (Å²) in [7, 11) is 0. The number of benzene rings is 1. The second-order valence-corrected chi connectivity index (χ2v) is 7.04. The van der Waals surface area contributed by atoms with Crippen molar-refractivity contribution in [3.05, 3.63) is 62.7 Å². The number of hydrogen-bond donors (Lipinski definition) is 1. The number of hydrogen-bond acceptors (Lipinski definition) is 4. The Morgan fingerprint density at radius 3 is 2.67 bits per heavy atom. The van der Waals surface area contributed by atoms with E-state index >= 15 is 0 Å². The second-order valence-electron chi connectivity index (χ2n) is 4.85. The maximum Gasteiger partial charge on any atom is 0.107 e. The van der Waals surface area contributed by atoms with Crippen LogP contribution in [0.4, 0.5) is 0 Å². The summed E-state index contributed by atoms with van der Waals surface area (Å²) in [6, 6.07) is 12.8. The number of thiophene rings is 1. The monoisotopic (exact) mass is 314 g/mol. The Kier molecular flexibility index (Phi) is 4.80. The fraction of sp³-hybridized carbons (Fsp3) is 0.235. The molecule has 0 atom stereocenters. The van der Waals surface area contributed by atoms with Crippen LogP contribution in [0.2, 0.25) is 0 Å². The topological polar surface area (TPSA) is 24.9 Å². The zero-order valence-electron chi connectivity index (χ0n) is 12.0. The summed E-state index contributed by atoms with van der Waals surface area (Å²) in [5.74, 6) is 0. The van der Waals surface area contributed by atoms with E-state index in [0.717, 1.165) is 19.5 Å². The summed E-state index contributed by atoms with van der Waals surface area (Å²) in [4.78, 5) is 7.15. The fourth-order valence-corrected chi connectivity index (χ4v) is 3.84. The predicted octanol–water partition coefficient (Wildman–Crippen LogP) is 4.72. The highest BCUT2D eigenvalue weighted by Gasteiger charge is 2.03. The average molecular weight is 314 g/mol. The molecule has 0 unspecified atom stereocenters. The van der Waals surface area contributed by atoms with Gasteiger partial charge in [-0.2, -0.15) is 0 Å². The van der Waals surface area contributed by atoms with E-state index in [0.29, 0.717) is 0 Å². The van der Waals surface area contributed by atoms with Crippen LogP contribution in [0.15, 0.2) is 48.0 Å². The third-order valence-corrected chi connectivity index (χ3v) is 5.36. The Balaban J connectivity index is 1.55. The van der Waals surface area contributed by atoms with Gasteiger partial charge in [-0.1, -0.05) is 37.3 Å². The van der Waals surface area contributed by atoms with Crippen LogP contribution in [0, 0.1) is 0 Å². The minimum atomic E-state index is 0.850. The van der Waals surface area contributed by atoms with Gasteiger partial charge in [0.15, 0.2) is 0 Å². The Labute approximate surface area is 133 Å². The van der Waals surface area contributed by atoms with Gasteiger partial charge >= 0.3 is 0 Å². The minimum absolute atomic E-state index is 0.850. The van der Waals surface area contributed by atoms with Crippen molar-refractivity contribution in [3.8, 4) is 11.1 Å². The second kappa shape index (κ2) is 6.98. The summed E-state index contributed by atoms with van der Waals surface area (Å²) in [6.45, 7) is 3.92. The molecule has 0 aliphatic carbocycles. The van der Waals surface area contributed by atoms with Gasteiger partial charge in [-0.3, -0.25) is 0 Å². The lowest BCUT2D eigenvalue weighted by molar-refractivity contribution is 0.697. The third kappa shape index (κ3) is 3.79. The van der Waals surface area contributed by atoms with Gasteiger partial charge in [0, 0.05) is 29.0 Å². The molecule has 0 saturated carbocycles. The standard InChI is InChI=1S/C17H18N2S2/c1-2-15-10-19-17(21-15)11-18-9-16-8-14(12-20-16)13-6-4-3-5-7-13/h3-8,10,12,18H,2,9,11H2,1H3. The number of aryl methyl sites for hydroxylation is 1. The van der Waals surface area contributed by atoms with Gasteiger partial charge in [-0.15, -0.1) is 22.7 Å². The maximum atomic E-state index is 4.43. The Morgan fingerprint density at radius 2 is 1.90 bits per heavy atom. The summed E-state index contributed by atoms with van der Waals surface area (Å²) in [5, 5.41) is 6.88. The van der Waals surface area contributed by atoms with E-state index in [4.69, 9.17) is 0 Å². The van der Waals surface area contributed by atoms with E-state index in [1.54, 1.807) is 11.3 Å². The quantitative estimate of drug-likeness (QED) is 0.712. The molecule has 3 rings (SSSR count). The van der Waals surface area contributed by atoms with Crippen molar-refractivity contribution < 1.29 is 0 Å². The predicted molar refractivity (Wildman–Crippen MR) is 91.8 cm³/mol. The molecule has 2 nitrogen and oxygen atoms in total. The van der Waals surface area contributed by atoms with Crippen LogP contribution in [-0.2, 0) is 19.5 Å². The summed E-state index contributed by atoms with van der Waals surface area (Å²) in [6.07, 6.45) is 3.06. The summed E-state index contributed by atoms with van der Waals surface area (Å²) >= 11 is 3.61. The number of nitrogens with zero attached hydrogens (tertiary/aromatic N) is 1. The highest BCUT2D eigenvalue weighted by molar-refractivity contribution is 7.11. The molecule has 2 aromatic heterocycles. The first kappa shape index (κ1) is 14.4. The van der Waals surface area contributed by atoms with E-state index < -0.39 is 0 Å². The fourth-order valence-electron chi connectivity index (χ4n) is 2.14. The molecule has 0 saturated heterocycles. The summed E-state index contributed by atoms with van der Waals surface area (Å²) in [5.41, 5.74) is 2.59. The van der Waals surface area contributed by atoms with E-state index in [9.17, 15) is 0 Å². The number of aromatic nitrogens is 1. The lowest BCUT2D eigenvalue weighted by Gasteiger charge is -1.99. The van der Waals surface area contributed by atoms with Crippen molar-refractivity contribution >= 4 is 22.7 Å². The van der Waals surface area contributed by atoms with Gasteiger partial charge in [0.05, 0.1) is 0 Å². The molecule has 0 aliphatic rings. The molecule has 0 fully saturated rings. The van der Waals surface area contributed by atoms with Crippen LogP contribution < -0.4 is 5.32 Å². The lowest BCUT2D eigenvalue weighted by Crippen LogP contribution is -2.11. The Morgan fingerprint density at radius 1 is 1.05 bits per heavy atom. The van der Waals surface area contributed by atoms with Gasteiger partial charge in [0.2, 0.25) is 0 Å². The van der Waals surface area contributed by atoms with Crippen LogP contribution in [0.1, 0.15) is 21.7 Å². The van der Waals surface area contributed by atoms with Crippen molar-refractivity contribution in [1.82, 2.24) is 10.3 Å². The van der Waals surface area contributed by atoms with Crippen LogP contribution in [0.25, 0.3) is 11.1 Å². The molecule has 0 bridgehead atoms. The van der Waals surface area contributed by atoms with Crippen LogP contribution >= 0.6 is 22.7 Å². The van der Waals surface area contributed by atoms with E-state index in [1.807, 2.05) is 17.5 Å². The molecule has 0 amide bonds. The van der Waals surface area contributed by atoms with Crippen LogP contribution in [0.5, 0.6) is 0 Å². The molecule has 0 aliphatic heterocycles. The molecule has 108 valence electrons. The number of nitrogens with one attached hydrogen (secondary N) is 1. The molecule has 2 heterocycles. The van der Waals surface area contributed by atoms with E-state index in [2.05, 4.69) is 59.0 Å². The molecule has 1 N–H and O–H groups in total. The van der Waals surface area contributed by atoms with Crippen LogP contribution in [-0.4, -0.2) is 4.98 Å². The minimum Gasteiger partial charge on any atom is -0.306 e. The van der Waals surface area contributed by atoms with Crippen molar-refractivity contribution in [2.24, 2.45) is 0 Å². The van der Waals surface area contributed by atoms with Crippen LogP contribution in [0.3, 0.4) is 0 Å². The van der Waals surface area contributed by atoms with E-state index in [1.165, 1.54) is 25.9 Å². The zero-order valence-corrected chi connectivity index (χ0v) is 13.6. The highest BCUT2D eigenvalue weighted by Crippen LogP contribution is 2.25. The molecule has 0 radical (unpaired) electrons. The van der Waals surface area contributed by atoms with Gasteiger partial charge in [-0.05, 0) is 29.0 Å². The van der Waals surface area contributed by atoms with Gasteiger partial charge in [0.25, 0.3) is 0 Å². The smallest absolute Gasteiger partial charge is 0.107 e. The molecule has 3 aromatic rings. The largest absolute Gasteiger partial charge is 0.306 e. The SMILES string of the molecule is CCc1cnc(CNCc2cc(-c3ccccc3)cs2)s1. The normalized spacial score (nSPS) is 10.9. The first-order valence-electron chi connectivity index (χ1n) is 7.12. The van der Waals surface area contributed by atoms with E-state index in [-0.39, 0.29) is 0 Å². The molecule has 0 spiro atoms. The first-order valence-corrected chi connectivity index (χ1v) is 8.82. The van der Waals surface area contributed by atoms with Crippen molar-refractivity contribution in [2.75, 3.05) is 0 Å². The highest BCUT2D eigenvalue weighted by atomic mass is 32.1. The Bertz CT molecular complexity index is 686. The zero-order chi connectivity index (χ0) is 14.5. The third-order valence-electron chi connectivity index (χ3n) is 3.29. The first-order chi connectivity index (χ1) is 10.3.